The Morgan fingerprint density at radius 1 is 1.18 bits per heavy atom. The van der Waals surface area contributed by atoms with Gasteiger partial charge in [-0.3, -0.25) is 0 Å². The number of benzene rings is 1. The van der Waals surface area contributed by atoms with E-state index in [2.05, 4.69) is 27.4 Å². The average Bonchev–Trinajstić information content (AvgIpc) is 2.84. The third kappa shape index (κ3) is 9.33. The summed E-state index contributed by atoms with van der Waals surface area (Å²) in [6, 6.07) is 7.57. The van der Waals surface area contributed by atoms with Crippen LogP contribution in [0.3, 0.4) is 0 Å². The van der Waals surface area contributed by atoms with Crippen LogP contribution in [0.4, 0.5) is 0 Å². The molecular formula is C30H48O3. The highest BCUT2D eigenvalue weighted by Crippen LogP contribution is 2.41. The van der Waals surface area contributed by atoms with E-state index in [1.807, 2.05) is 64.1 Å². The van der Waals surface area contributed by atoms with Crippen LogP contribution in [0.1, 0.15) is 96.5 Å². The molecule has 0 aliphatic heterocycles. The maximum atomic E-state index is 12.2. The fourth-order valence-corrected chi connectivity index (χ4v) is 4.73. The van der Waals surface area contributed by atoms with Crippen LogP contribution in [0.25, 0.3) is 0 Å². The molecule has 0 aliphatic carbocycles. The first-order valence-corrected chi connectivity index (χ1v) is 12.9. The molecule has 186 valence electrons. The van der Waals surface area contributed by atoms with Gasteiger partial charge in [0.2, 0.25) is 0 Å². The largest absolute Gasteiger partial charge is 0.462 e. The van der Waals surface area contributed by atoms with E-state index in [0.29, 0.717) is 30.9 Å². The van der Waals surface area contributed by atoms with Gasteiger partial charge in [-0.1, -0.05) is 96.9 Å². The van der Waals surface area contributed by atoms with Gasteiger partial charge in [0.15, 0.2) is 0 Å². The first-order chi connectivity index (χ1) is 15.9. The molecule has 0 saturated heterocycles. The Labute approximate surface area is 203 Å². The SMILES string of the molecule is C=C/C=C\C(=C/C)C(O)(CCc1cccc(C(=O)OCC)c1)C(CC)C(CC)CCC.CC. The summed E-state index contributed by atoms with van der Waals surface area (Å²) >= 11 is 0. The number of rotatable bonds is 14. The van der Waals surface area contributed by atoms with Crippen molar-refractivity contribution in [3.05, 3.63) is 71.8 Å². The predicted molar refractivity (Wildman–Crippen MR) is 143 cm³/mol. The number of aryl methyl sites for hydroxylation is 1. The standard InChI is InChI=1S/C28H42O3.C2H6/c1-7-13-18-25(10-4)28(30,26(11-5)23(9-3)15-8-2)20-19-22-16-14-17-24(21-22)27(29)31-12-6;1-2/h7,10,13-14,16-18,21,23,26,30H,1,8-9,11-12,15,19-20H2,2-6H3;1-2H3/b18-13-,25-10+;. The monoisotopic (exact) mass is 456 g/mol. The zero-order chi connectivity index (χ0) is 25.3. The summed E-state index contributed by atoms with van der Waals surface area (Å²) in [5.74, 6) is 0.312. The minimum Gasteiger partial charge on any atom is -0.462 e. The molecule has 0 amide bonds. The number of hydrogen-bond acceptors (Lipinski definition) is 3. The number of hydrogen-bond donors (Lipinski definition) is 1. The number of carbonyl (C=O) groups excluding carboxylic acids is 1. The van der Waals surface area contributed by atoms with Crippen LogP contribution in [0.15, 0.2) is 60.7 Å². The van der Waals surface area contributed by atoms with Crippen LogP contribution < -0.4 is 0 Å². The fourth-order valence-electron chi connectivity index (χ4n) is 4.73. The van der Waals surface area contributed by atoms with Crippen LogP contribution in [0.5, 0.6) is 0 Å². The van der Waals surface area contributed by atoms with Gasteiger partial charge in [-0.15, -0.1) is 0 Å². The summed E-state index contributed by atoms with van der Waals surface area (Å²) in [7, 11) is 0. The highest BCUT2D eigenvalue weighted by Gasteiger charge is 2.41. The van der Waals surface area contributed by atoms with E-state index in [0.717, 1.165) is 36.8 Å². The topological polar surface area (TPSA) is 46.5 Å². The summed E-state index contributed by atoms with van der Waals surface area (Å²) in [5.41, 5.74) is 1.59. The van der Waals surface area contributed by atoms with Gasteiger partial charge in [-0.05, 0) is 68.2 Å². The van der Waals surface area contributed by atoms with Gasteiger partial charge in [0, 0.05) is 0 Å². The first-order valence-electron chi connectivity index (χ1n) is 12.9. The third-order valence-electron chi connectivity index (χ3n) is 6.26. The number of carbonyl (C=O) groups is 1. The normalized spacial score (nSPS) is 15.2. The molecule has 0 aromatic heterocycles. The molecule has 1 aromatic carbocycles. The summed E-state index contributed by atoms with van der Waals surface area (Å²) in [6.07, 6.45) is 13.1. The van der Waals surface area contributed by atoms with E-state index in [9.17, 15) is 9.90 Å². The molecule has 1 aromatic rings. The fraction of sp³-hybridized carbons (Fsp3) is 0.567. The summed E-state index contributed by atoms with van der Waals surface area (Å²) in [4.78, 5) is 12.1. The molecule has 1 N–H and O–H groups in total. The average molecular weight is 457 g/mol. The number of aliphatic hydroxyl groups is 1. The Bertz CT molecular complexity index is 747. The Hall–Kier alpha value is -2.13. The van der Waals surface area contributed by atoms with Gasteiger partial charge < -0.3 is 9.84 Å². The third-order valence-corrected chi connectivity index (χ3v) is 6.26. The van der Waals surface area contributed by atoms with Crippen LogP contribution in [0.2, 0.25) is 0 Å². The Balaban J connectivity index is 0.00000497. The molecule has 3 atom stereocenters. The highest BCUT2D eigenvalue weighted by molar-refractivity contribution is 5.89. The molecule has 1 rings (SSSR count). The molecule has 0 fully saturated rings. The van der Waals surface area contributed by atoms with E-state index >= 15 is 0 Å². The lowest BCUT2D eigenvalue weighted by Gasteiger charge is -2.42. The minimum atomic E-state index is -0.946. The van der Waals surface area contributed by atoms with Crippen molar-refractivity contribution in [1.29, 1.82) is 0 Å². The smallest absolute Gasteiger partial charge is 0.338 e. The van der Waals surface area contributed by atoms with Crippen molar-refractivity contribution in [2.24, 2.45) is 11.8 Å². The molecule has 0 heterocycles. The summed E-state index contributed by atoms with van der Waals surface area (Å²) < 4.78 is 5.14. The van der Waals surface area contributed by atoms with Crippen LogP contribution in [-0.4, -0.2) is 23.3 Å². The summed E-state index contributed by atoms with van der Waals surface area (Å²) in [5, 5.41) is 12.2. The van der Waals surface area contributed by atoms with Crippen molar-refractivity contribution >= 4 is 5.97 Å². The van der Waals surface area contributed by atoms with Gasteiger partial charge in [0.05, 0.1) is 17.8 Å². The van der Waals surface area contributed by atoms with Crippen molar-refractivity contribution in [1.82, 2.24) is 0 Å². The van der Waals surface area contributed by atoms with Gasteiger partial charge in [0.1, 0.15) is 0 Å². The number of allylic oxidation sites excluding steroid dienone is 3. The van der Waals surface area contributed by atoms with Crippen molar-refractivity contribution in [3.63, 3.8) is 0 Å². The molecular weight excluding hydrogens is 408 g/mol. The molecule has 0 radical (unpaired) electrons. The number of ether oxygens (including phenoxy) is 1. The van der Waals surface area contributed by atoms with Crippen molar-refractivity contribution in [2.75, 3.05) is 6.61 Å². The van der Waals surface area contributed by atoms with Gasteiger partial charge in [0.25, 0.3) is 0 Å². The van der Waals surface area contributed by atoms with E-state index < -0.39 is 5.60 Å². The second-order valence-electron chi connectivity index (χ2n) is 8.16. The van der Waals surface area contributed by atoms with Crippen molar-refractivity contribution in [3.8, 4) is 0 Å². The Morgan fingerprint density at radius 2 is 1.88 bits per heavy atom. The number of esters is 1. The first kappa shape index (κ1) is 30.9. The van der Waals surface area contributed by atoms with Crippen molar-refractivity contribution in [2.45, 2.75) is 92.6 Å². The molecule has 0 bridgehead atoms. The van der Waals surface area contributed by atoms with Crippen LogP contribution in [0, 0.1) is 11.8 Å². The van der Waals surface area contributed by atoms with E-state index in [4.69, 9.17) is 4.74 Å². The van der Waals surface area contributed by atoms with Crippen molar-refractivity contribution < 1.29 is 14.6 Å². The lowest BCUT2D eigenvalue weighted by molar-refractivity contribution is -0.0198. The molecule has 0 saturated carbocycles. The van der Waals surface area contributed by atoms with E-state index in [-0.39, 0.29) is 11.9 Å². The zero-order valence-corrected chi connectivity index (χ0v) is 22.2. The molecule has 3 heteroatoms. The Kier molecular flexibility index (Phi) is 16.2. The molecule has 0 aliphatic rings. The molecule has 3 unspecified atom stereocenters. The quantitative estimate of drug-likeness (QED) is 0.227. The van der Waals surface area contributed by atoms with Gasteiger partial charge in [-0.2, -0.15) is 0 Å². The van der Waals surface area contributed by atoms with E-state index in [1.54, 1.807) is 12.1 Å². The Morgan fingerprint density at radius 3 is 2.39 bits per heavy atom. The van der Waals surface area contributed by atoms with Crippen LogP contribution >= 0.6 is 0 Å². The minimum absolute atomic E-state index is 0.159. The molecule has 3 nitrogen and oxygen atoms in total. The van der Waals surface area contributed by atoms with Crippen LogP contribution in [-0.2, 0) is 11.2 Å². The molecule has 0 spiro atoms. The highest BCUT2D eigenvalue weighted by atomic mass is 16.5. The maximum absolute atomic E-state index is 12.2. The van der Waals surface area contributed by atoms with E-state index in [1.165, 1.54) is 0 Å². The summed E-state index contributed by atoms with van der Waals surface area (Å²) in [6.45, 7) is 18.6. The second kappa shape index (κ2) is 17.4. The predicted octanol–water partition coefficient (Wildman–Crippen LogP) is 8.09. The van der Waals surface area contributed by atoms with Gasteiger partial charge >= 0.3 is 5.97 Å². The maximum Gasteiger partial charge on any atom is 0.338 e. The second-order valence-corrected chi connectivity index (χ2v) is 8.16. The molecule has 33 heavy (non-hydrogen) atoms. The zero-order valence-electron chi connectivity index (χ0n) is 22.2. The van der Waals surface area contributed by atoms with Gasteiger partial charge in [-0.25, -0.2) is 4.79 Å². The lowest BCUT2D eigenvalue weighted by Crippen LogP contribution is -2.43. The lowest BCUT2D eigenvalue weighted by atomic mass is 9.68.